The summed E-state index contributed by atoms with van der Waals surface area (Å²) in [7, 11) is 0. The predicted octanol–water partition coefficient (Wildman–Crippen LogP) is 3.24. The van der Waals surface area contributed by atoms with Crippen molar-refractivity contribution in [3.8, 4) is 0 Å². The molecule has 2 rings (SSSR count). The molecule has 128 valence electrons. The van der Waals surface area contributed by atoms with E-state index in [2.05, 4.69) is 10.6 Å². The van der Waals surface area contributed by atoms with Gasteiger partial charge in [-0.2, -0.15) is 13.2 Å². The van der Waals surface area contributed by atoms with Gasteiger partial charge < -0.3 is 20.3 Å². The van der Waals surface area contributed by atoms with Crippen molar-refractivity contribution in [2.45, 2.75) is 19.5 Å². The second-order valence-electron chi connectivity index (χ2n) is 5.21. The lowest BCUT2D eigenvalue weighted by atomic mass is 10.1. The van der Waals surface area contributed by atoms with Gasteiger partial charge in [0.05, 0.1) is 30.2 Å². The molecule has 0 amide bonds. The first-order valence-electron chi connectivity index (χ1n) is 7.50. The monoisotopic (exact) mass is 347 g/mol. The molecule has 4 nitrogen and oxygen atoms in total. The second-order valence-corrected chi connectivity index (χ2v) is 5.62. The molecule has 0 aromatic heterocycles. The third-order valence-corrected chi connectivity index (χ3v) is 3.71. The Balaban J connectivity index is 2.27. The molecule has 8 heteroatoms. The highest BCUT2D eigenvalue weighted by Crippen LogP contribution is 2.35. The van der Waals surface area contributed by atoms with Crippen molar-refractivity contribution in [3.05, 3.63) is 23.8 Å². The first kappa shape index (κ1) is 17.8. The molecule has 1 aliphatic rings. The molecule has 1 fully saturated rings. The van der Waals surface area contributed by atoms with Crippen LogP contribution in [0.15, 0.2) is 18.2 Å². The standard InChI is InChI=1S/C15H20F3N3OS/c1-2-5-19-14(23)20-12-10-11(15(16,17)18)3-4-13(12)21-6-8-22-9-7-21/h3-4,10H,2,5-9H2,1H3,(H2,19,20,23). The van der Waals surface area contributed by atoms with Crippen LogP contribution in [0, 0.1) is 0 Å². The summed E-state index contributed by atoms with van der Waals surface area (Å²) in [5.74, 6) is 0. The summed E-state index contributed by atoms with van der Waals surface area (Å²) >= 11 is 5.15. The van der Waals surface area contributed by atoms with Gasteiger partial charge in [-0.15, -0.1) is 0 Å². The van der Waals surface area contributed by atoms with Crippen LogP contribution in [0.5, 0.6) is 0 Å². The highest BCUT2D eigenvalue weighted by molar-refractivity contribution is 7.80. The van der Waals surface area contributed by atoms with E-state index in [-0.39, 0.29) is 0 Å². The fraction of sp³-hybridized carbons (Fsp3) is 0.533. The van der Waals surface area contributed by atoms with Crippen LogP contribution in [0.2, 0.25) is 0 Å². The number of hydrogen-bond donors (Lipinski definition) is 2. The summed E-state index contributed by atoms with van der Waals surface area (Å²) in [6.45, 7) is 5.03. The minimum atomic E-state index is -4.39. The normalized spacial score (nSPS) is 15.4. The van der Waals surface area contributed by atoms with Crippen LogP contribution in [0.3, 0.4) is 0 Å². The predicted molar refractivity (Wildman–Crippen MR) is 89.0 cm³/mol. The second kappa shape index (κ2) is 7.83. The molecule has 0 aliphatic carbocycles. The van der Waals surface area contributed by atoms with Gasteiger partial charge in [-0.05, 0) is 36.8 Å². The summed E-state index contributed by atoms with van der Waals surface area (Å²) < 4.78 is 44.2. The van der Waals surface area contributed by atoms with E-state index in [1.165, 1.54) is 6.07 Å². The van der Waals surface area contributed by atoms with Gasteiger partial charge in [0.1, 0.15) is 0 Å². The number of halogens is 3. The fourth-order valence-corrected chi connectivity index (χ4v) is 2.51. The average Bonchev–Trinajstić information content (AvgIpc) is 2.53. The van der Waals surface area contributed by atoms with E-state index in [1.807, 2.05) is 11.8 Å². The molecule has 0 bridgehead atoms. The first-order valence-corrected chi connectivity index (χ1v) is 7.91. The number of ether oxygens (including phenoxy) is 1. The topological polar surface area (TPSA) is 36.5 Å². The molecule has 1 aromatic rings. The van der Waals surface area contributed by atoms with Crippen LogP contribution in [-0.2, 0) is 10.9 Å². The molecule has 0 atom stereocenters. The largest absolute Gasteiger partial charge is 0.416 e. The Kier molecular flexibility index (Phi) is 6.06. The maximum absolute atomic E-state index is 13.0. The van der Waals surface area contributed by atoms with Gasteiger partial charge >= 0.3 is 6.18 Å². The van der Waals surface area contributed by atoms with Crippen LogP contribution >= 0.6 is 12.2 Å². The molecule has 0 unspecified atom stereocenters. The lowest BCUT2D eigenvalue weighted by molar-refractivity contribution is -0.137. The zero-order valence-electron chi connectivity index (χ0n) is 12.9. The summed E-state index contributed by atoms with van der Waals surface area (Å²) in [4.78, 5) is 1.99. The molecule has 0 saturated carbocycles. The van der Waals surface area contributed by atoms with Crippen LogP contribution in [-0.4, -0.2) is 38.0 Å². The molecule has 1 heterocycles. The summed E-state index contributed by atoms with van der Waals surface area (Å²) in [6, 6.07) is 3.68. The van der Waals surface area contributed by atoms with Gasteiger partial charge in [-0.3, -0.25) is 0 Å². The van der Waals surface area contributed by atoms with E-state index in [1.54, 1.807) is 0 Å². The van der Waals surface area contributed by atoms with Gasteiger partial charge in [-0.25, -0.2) is 0 Å². The Morgan fingerprint density at radius 2 is 2.00 bits per heavy atom. The molecule has 0 radical (unpaired) electrons. The van der Waals surface area contributed by atoms with E-state index in [4.69, 9.17) is 17.0 Å². The zero-order valence-corrected chi connectivity index (χ0v) is 13.7. The summed E-state index contributed by atoms with van der Waals surface area (Å²) in [6.07, 6.45) is -3.51. The van der Waals surface area contributed by atoms with Crippen LogP contribution in [0.25, 0.3) is 0 Å². The number of anilines is 2. The third-order valence-electron chi connectivity index (χ3n) is 3.46. The summed E-state index contributed by atoms with van der Waals surface area (Å²) in [5.41, 5.74) is 0.354. The van der Waals surface area contributed by atoms with Crippen molar-refractivity contribution in [1.29, 1.82) is 0 Å². The molecule has 0 spiro atoms. The van der Waals surface area contributed by atoms with Crippen LogP contribution in [0.4, 0.5) is 24.5 Å². The Labute approximate surface area is 139 Å². The Morgan fingerprint density at radius 3 is 2.61 bits per heavy atom. The van der Waals surface area contributed by atoms with Gasteiger partial charge in [0, 0.05) is 19.6 Å². The number of morpholine rings is 1. The zero-order chi connectivity index (χ0) is 16.9. The maximum Gasteiger partial charge on any atom is 0.416 e. The van der Waals surface area contributed by atoms with Gasteiger partial charge in [0.2, 0.25) is 0 Å². The van der Waals surface area contributed by atoms with Gasteiger partial charge in [0.15, 0.2) is 5.11 Å². The molecule has 2 N–H and O–H groups in total. The number of nitrogens with zero attached hydrogens (tertiary/aromatic N) is 1. The van der Waals surface area contributed by atoms with Crippen LogP contribution in [0.1, 0.15) is 18.9 Å². The molecule has 1 saturated heterocycles. The Morgan fingerprint density at radius 1 is 1.30 bits per heavy atom. The number of rotatable bonds is 4. The van der Waals surface area contributed by atoms with E-state index >= 15 is 0 Å². The summed E-state index contributed by atoms with van der Waals surface area (Å²) in [5, 5.41) is 6.18. The van der Waals surface area contributed by atoms with E-state index in [0.29, 0.717) is 49.3 Å². The number of hydrogen-bond acceptors (Lipinski definition) is 3. The quantitative estimate of drug-likeness (QED) is 0.818. The first-order chi connectivity index (χ1) is 10.9. The minimum absolute atomic E-state index is 0.320. The van der Waals surface area contributed by atoms with E-state index in [0.717, 1.165) is 18.6 Å². The van der Waals surface area contributed by atoms with Crippen molar-refractivity contribution < 1.29 is 17.9 Å². The number of alkyl halides is 3. The SMILES string of the molecule is CCCNC(=S)Nc1cc(C(F)(F)F)ccc1N1CCOCC1. The number of thiocarbonyl (C=S) groups is 1. The maximum atomic E-state index is 13.0. The molecule has 1 aliphatic heterocycles. The third kappa shape index (κ3) is 4.97. The van der Waals surface area contributed by atoms with E-state index < -0.39 is 11.7 Å². The smallest absolute Gasteiger partial charge is 0.378 e. The molecular weight excluding hydrogens is 327 g/mol. The van der Waals surface area contributed by atoms with Crippen molar-refractivity contribution in [3.63, 3.8) is 0 Å². The van der Waals surface area contributed by atoms with Gasteiger partial charge in [-0.1, -0.05) is 6.92 Å². The fourth-order valence-electron chi connectivity index (χ4n) is 2.30. The van der Waals surface area contributed by atoms with Gasteiger partial charge in [0.25, 0.3) is 0 Å². The van der Waals surface area contributed by atoms with Crippen molar-refractivity contribution in [2.75, 3.05) is 43.1 Å². The Bertz CT molecular complexity index is 545. The molecule has 23 heavy (non-hydrogen) atoms. The minimum Gasteiger partial charge on any atom is -0.378 e. The number of benzene rings is 1. The number of nitrogens with one attached hydrogen (secondary N) is 2. The highest BCUT2D eigenvalue weighted by Gasteiger charge is 2.31. The van der Waals surface area contributed by atoms with Crippen molar-refractivity contribution in [2.24, 2.45) is 0 Å². The highest BCUT2D eigenvalue weighted by atomic mass is 32.1. The van der Waals surface area contributed by atoms with Crippen molar-refractivity contribution in [1.82, 2.24) is 5.32 Å². The Hall–Kier alpha value is -1.54. The lowest BCUT2D eigenvalue weighted by Gasteiger charge is -2.31. The average molecular weight is 347 g/mol. The van der Waals surface area contributed by atoms with Crippen molar-refractivity contribution >= 4 is 28.7 Å². The van der Waals surface area contributed by atoms with E-state index in [9.17, 15) is 13.2 Å². The lowest BCUT2D eigenvalue weighted by Crippen LogP contribution is -2.37. The molecular formula is C15H20F3N3OS. The molecule has 1 aromatic carbocycles. The van der Waals surface area contributed by atoms with Crippen LogP contribution < -0.4 is 15.5 Å².